The average molecular weight is 354 g/mol. The van der Waals surface area contributed by atoms with Crippen molar-refractivity contribution in [2.24, 2.45) is 10.2 Å². The SMILES string of the molecule is Cc1ccc(COc2ncc(F)c(N=NC(C)c3ccc(C)o3)n2)cc1. The van der Waals surface area contributed by atoms with Gasteiger partial charge in [0.15, 0.2) is 5.82 Å². The highest BCUT2D eigenvalue weighted by Crippen LogP contribution is 2.23. The van der Waals surface area contributed by atoms with Crippen LogP contribution in [-0.2, 0) is 6.61 Å². The number of hydrogen-bond donors (Lipinski definition) is 0. The molecular formula is C19H19FN4O2. The van der Waals surface area contributed by atoms with E-state index >= 15 is 0 Å². The van der Waals surface area contributed by atoms with Crippen molar-refractivity contribution < 1.29 is 13.5 Å². The van der Waals surface area contributed by atoms with Crippen molar-refractivity contribution in [1.82, 2.24) is 9.97 Å². The minimum absolute atomic E-state index is 0.0439. The van der Waals surface area contributed by atoms with Crippen LogP contribution in [-0.4, -0.2) is 9.97 Å². The van der Waals surface area contributed by atoms with Gasteiger partial charge in [0, 0.05) is 0 Å². The maximum atomic E-state index is 13.9. The lowest BCUT2D eigenvalue weighted by molar-refractivity contribution is 0.279. The first-order valence-corrected chi connectivity index (χ1v) is 8.19. The summed E-state index contributed by atoms with van der Waals surface area (Å²) in [6.45, 7) is 5.94. The third-order valence-electron chi connectivity index (χ3n) is 3.69. The van der Waals surface area contributed by atoms with E-state index in [2.05, 4.69) is 20.2 Å². The van der Waals surface area contributed by atoms with E-state index in [1.807, 2.05) is 50.2 Å². The number of aromatic nitrogens is 2. The van der Waals surface area contributed by atoms with Crippen molar-refractivity contribution in [2.75, 3.05) is 0 Å². The molecule has 26 heavy (non-hydrogen) atoms. The first kappa shape index (κ1) is 17.7. The van der Waals surface area contributed by atoms with E-state index in [0.717, 1.165) is 23.1 Å². The van der Waals surface area contributed by atoms with Crippen molar-refractivity contribution in [1.29, 1.82) is 0 Å². The molecule has 0 amide bonds. The van der Waals surface area contributed by atoms with Gasteiger partial charge in [0.25, 0.3) is 0 Å². The summed E-state index contributed by atoms with van der Waals surface area (Å²) in [6.07, 6.45) is 1.02. The summed E-state index contributed by atoms with van der Waals surface area (Å²) in [7, 11) is 0. The topological polar surface area (TPSA) is 72.9 Å². The van der Waals surface area contributed by atoms with Gasteiger partial charge in [0.1, 0.15) is 24.2 Å². The molecule has 7 heteroatoms. The Hall–Kier alpha value is -3.09. The predicted octanol–water partition coefficient (Wildman–Crippen LogP) is 5.25. The zero-order chi connectivity index (χ0) is 18.5. The second-order valence-corrected chi connectivity index (χ2v) is 5.94. The van der Waals surface area contributed by atoms with Gasteiger partial charge in [0.2, 0.25) is 5.82 Å². The quantitative estimate of drug-likeness (QED) is 0.567. The van der Waals surface area contributed by atoms with Crippen LogP contribution in [0.5, 0.6) is 6.01 Å². The fourth-order valence-electron chi connectivity index (χ4n) is 2.19. The predicted molar refractivity (Wildman–Crippen MR) is 93.9 cm³/mol. The maximum absolute atomic E-state index is 13.9. The summed E-state index contributed by atoms with van der Waals surface area (Å²) < 4.78 is 24.9. The minimum Gasteiger partial charge on any atom is -0.464 e. The van der Waals surface area contributed by atoms with Gasteiger partial charge in [-0.1, -0.05) is 29.8 Å². The fourth-order valence-corrected chi connectivity index (χ4v) is 2.19. The van der Waals surface area contributed by atoms with E-state index < -0.39 is 5.82 Å². The molecule has 134 valence electrons. The van der Waals surface area contributed by atoms with E-state index in [9.17, 15) is 4.39 Å². The second-order valence-electron chi connectivity index (χ2n) is 5.94. The zero-order valence-electron chi connectivity index (χ0n) is 14.8. The van der Waals surface area contributed by atoms with Crippen molar-refractivity contribution in [3.63, 3.8) is 0 Å². The number of rotatable bonds is 6. The van der Waals surface area contributed by atoms with Crippen LogP contribution in [0.25, 0.3) is 0 Å². The lowest BCUT2D eigenvalue weighted by Gasteiger charge is -2.05. The van der Waals surface area contributed by atoms with E-state index in [-0.39, 0.29) is 24.5 Å². The normalized spacial score (nSPS) is 12.5. The molecule has 0 fully saturated rings. The van der Waals surface area contributed by atoms with Gasteiger partial charge in [-0.2, -0.15) is 10.1 Å². The molecule has 0 saturated carbocycles. The summed E-state index contributed by atoms with van der Waals surface area (Å²) in [6, 6.07) is 11.2. The molecule has 0 bridgehead atoms. The molecule has 2 aromatic heterocycles. The zero-order valence-corrected chi connectivity index (χ0v) is 14.8. The number of ether oxygens (including phenoxy) is 1. The van der Waals surface area contributed by atoms with Crippen LogP contribution in [0.4, 0.5) is 10.2 Å². The van der Waals surface area contributed by atoms with Crippen LogP contribution in [0.15, 0.2) is 57.2 Å². The molecule has 6 nitrogen and oxygen atoms in total. The molecule has 0 spiro atoms. The van der Waals surface area contributed by atoms with Gasteiger partial charge in [-0.25, -0.2) is 9.37 Å². The molecule has 0 radical (unpaired) electrons. The summed E-state index contributed by atoms with van der Waals surface area (Å²) in [4.78, 5) is 7.81. The third kappa shape index (κ3) is 4.50. The van der Waals surface area contributed by atoms with Crippen molar-refractivity contribution in [3.05, 3.63) is 71.1 Å². The third-order valence-corrected chi connectivity index (χ3v) is 3.69. The summed E-state index contributed by atoms with van der Waals surface area (Å²) in [5.41, 5.74) is 2.13. The number of halogens is 1. The highest BCUT2D eigenvalue weighted by atomic mass is 19.1. The summed E-state index contributed by atoms with van der Waals surface area (Å²) >= 11 is 0. The van der Waals surface area contributed by atoms with Crippen molar-refractivity contribution >= 4 is 5.82 Å². The van der Waals surface area contributed by atoms with Gasteiger partial charge >= 0.3 is 6.01 Å². The number of furan rings is 1. The highest BCUT2D eigenvalue weighted by Gasteiger charge is 2.11. The average Bonchev–Trinajstić information content (AvgIpc) is 3.07. The Morgan fingerprint density at radius 3 is 2.62 bits per heavy atom. The molecule has 2 heterocycles. The molecule has 0 aliphatic heterocycles. The van der Waals surface area contributed by atoms with E-state index in [4.69, 9.17) is 9.15 Å². The van der Waals surface area contributed by atoms with E-state index in [0.29, 0.717) is 5.76 Å². The van der Waals surface area contributed by atoms with Crippen molar-refractivity contribution in [2.45, 2.75) is 33.4 Å². The van der Waals surface area contributed by atoms with Crippen LogP contribution < -0.4 is 4.74 Å². The Kier molecular flexibility index (Phi) is 5.36. The highest BCUT2D eigenvalue weighted by molar-refractivity contribution is 5.28. The van der Waals surface area contributed by atoms with Crippen molar-refractivity contribution in [3.8, 4) is 6.01 Å². The molecule has 0 aliphatic carbocycles. The van der Waals surface area contributed by atoms with Gasteiger partial charge in [-0.3, -0.25) is 0 Å². The Bertz CT molecular complexity index is 906. The van der Waals surface area contributed by atoms with Gasteiger partial charge in [0.05, 0.1) is 6.20 Å². The standard InChI is InChI=1S/C19H19FN4O2/c1-12-4-7-15(8-5-12)11-25-19-21-10-16(20)18(22-19)24-23-14(3)17-9-6-13(2)26-17/h4-10,14H,11H2,1-3H3. The Labute approximate surface area is 150 Å². The Morgan fingerprint density at radius 2 is 1.92 bits per heavy atom. The number of hydrogen-bond acceptors (Lipinski definition) is 6. The van der Waals surface area contributed by atoms with Crippen LogP contribution >= 0.6 is 0 Å². The molecule has 3 rings (SSSR count). The molecular weight excluding hydrogens is 335 g/mol. The first-order chi connectivity index (χ1) is 12.5. The largest absolute Gasteiger partial charge is 0.464 e. The number of nitrogens with zero attached hydrogens (tertiary/aromatic N) is 4. The Morgan fingerprint density at radius 1 is 1.15 bits per heavy atom. The molecule has 1 atom stereocenters. The van der Waals surface area contributed by atoms with Gasteiger partial charge in [-0.05, 0) is 38.5 Å². The monoisotopic (exact) mass is 354 g/mol. The number of azo groups is 1. The lowest BCUT2D eigenvalue weighted by atomic mass is 10.2. The van der Waals surface area contributed by atoms with Gasteiger partial charge in [-0.15, -0.1) is 5.11 Å². The van der Waals surface area contributed by atoms with Crippen LogP contribution in [0.2, 0.25) is 0 Å². The van der Waals surface area contributed by atoms with Crippen LogP contribution in [0.3, 0.4) is 0 Å². The molecule has 0 aliphatic rings. The Balaban J connectivity index is 1.68. The molecule has 3 aromatic rings. The van der Waals surface area contributed by atoms with Crippen LogP contribution in [0.1, 0.15) is 35.6 Å². The maximum Gasteiger partial charge on any atom is 0.318 e. The molecule has 1 aromatic carbocycles. The molecule has 0 N–H and O–H groups in total. The van der Waals surface area contributed by atoms with E-state index in [1.54, 1.807) is 6.92 Å². The number of aryl methyl sites for hydroxylation is 2. The van der Waals surface area contributed by atoms with Crippen LogP contribution in [0, 0.1) is 19.7 Å². The van der Waals surface area contributed by atoms with E-state index in [1.165, 1.54) is 0 Å². The smallest absolute Gasteiger partial charge is 0.318 e. The number of benzene rings is 1. The minimum atomic E-state index is -0.667. The second kappa shape index (κ2) is 7.86. The summed E-state index contributed by atoms with van der Waals surface area (Å²) in [5, 5.41) is 7.93. The summed E-state index contributed by atoms with van der Waals surface area (Å²) in [5.74, 6) is 0.590. The molecule has 1 unspecified atom stereocenters. The molecule has 0 saturated heterocycles. The lowest BCUT2D eigenvalue weighted by Crippen LogP contribution is -2.00. The van der Waals surface area contributed by atoms with Gasteiger partial charge < -0.3 is 9.15 Å². The first-order valence-electron chi connectivity index (χ1n) is 8.19. The fraction of sp³-hybridized carbons (Fsp3) is 0.263.